The topological polar surface area (TPSA) is 116 Å². The van der Waals surface area contributed by atoms with Crippen molar-refractivity contribution in [3.8, 4) is 12.3 Å². The highest BCUT2D eigenvalue weighted by Crippen LogP contribution is 2.42. The van der Waals surface area contributed by atoms with E-state index >= 15 is 0 Å². The molecular formula is C25H22N6O3S2. The molecule has 2 aliphatic rings. The lowest BCUT2D eigenvalue weighted by Gasteiger charge is -2.48. The van der Waals surface area contributed by atoms with Crippen LogP contribution in [0.15, 0.2) is 77.1 Å². The summed E-state index contributed by atoms with van der Waals surface area (Å²) in [6.45, 7) is 0.232. The molecule has 3 aromatic rings. The number of ether oxygens (including phenoxy) is 1. The molecule has 2 N–H and O–H groups in total. The van der Waals surface area contributed by atoms with Crippen LogP contribution >= 0.6 is 23.5 Å². The van der Waals surface area contributed by atoms with Gasteiger partial charge in [0, 0.05) is 11.5 Å². The average molecular weight is 519 g/mol. The second-order valence-electron chi connectivity index (χ2n) is 8.11. The minimum atomic E-state index is -0.644. The van der Waals surface area contributed by atoms with Crippen molar-refractivity contribution < 1.29 is 14.3 Å². The SMILES string of the molecule is C#CCn1nnnc1SCC1=C(C(=O)OC(c2ccccc2)c2ccccc2)N2C(=O)C(N)[C@H]2SC1. The number of benzene rings is 2. The Morgan fingerprint density at radius 3 is 2.50 bits per heavy atom. The Bertz CT molecular complexity index is 1300. The monoisotopic (exact) mass is 518 g/mol. The number of thioether (sulfide) groups is 2. The third kappa shape index (κ3) is 4.63. The molecule has 36 heavy (non-hydrogen) atoms. The molecule has 9 nitrogen and oxygen atoms in total. The van der Waals surface area contributed by atoms with Crippen LogP contribution in [0.4, 0.5) is 0 Å². The molecule has 182 valence electrons. The summed E-state index contributed by atoms with van der Waals surface area (Å²) >= 11 is 2.87. The first kappa shape index (κ1) is 24.1. The molecule has 11 heteroatoms. The van der Waals surface area contributed by atoms with Gasteiger partial charge in [0.2, 0.25) is 11.1 Å². The molecule has 2 atom stereocenters. The van der Waals surface area contributed by atoms with Gasteiger partial charge in [-0.05, 0) is 27.1 Å². The first-order valence-corrected chi connectivity index (χ1v) is 13.2. The van der Waals surface area contributed by atoms with Crippen LogP contribution in [0, 0.1) is 12.3 Å². The van der Waals surface area contributed by atoms with Crippen molar-refractivity contribution >= 4 is 35.4 Å². The van der Waals surface area contributed by atoms with Crippen LogP contribution in [0.25, 0.3) is 0 Å². The van der Waals surface area contributed by atoms with Gasteiger partial charge in [-0.15, -0.1) is 23.3 Å². The van der Waals surface area contributed by atoms with E-state index in [9.17, 15) is 9.59 Å². The van der Waals surface area contributed by atoms with Gasteiger partial charge in [-0.25, -0.2) is 9.48 Å². The van der Waals surface area contributed by atoms with Gasteiger partial charge < -0.3 is 10.5 Å². The van der Waals surface area contributed by atoms with Crippen molar-refractivity contribution in [2.75, 3.05) is 11.5 Å². The predicted octanol–water partition coefficient (Wildman–Crippen LogP) is 2.23. The van der Waals surface area contributed by atoms with E-state index in [1.807, 2.05) is 60.7 Å². The summed E-state index contributed by atoms with van der Waals surface area (Å²) in [5, 5.41) is 11.8. The van der Waals surface area contributed by atoms with Gasteiger partial charge in [0.1, 0.15) is 23.7 Å². The zero-order valence-electron chi connectivity index (χ0n) is 19.1. The van der Waals surface area contributed by atoms with Crippen molar-refractivity contribution in [3.63, 3.8) is 0 Å². The van der Waals surface area contributed by atoms with Crippen LogP contribution < -0.4 is 5.73 Å². The number of rotatable bonds is 8. The number of esters is 1. The van der Waals surface area contributed by atoms with E-state index in [1.165, 1.54) is 33.1 Å². The summed E-state index contributed by atoms with van der Waals surface area (Å²) in [5.41, 5.74) is 8.68. The molecule has 2 aromatic carbocycles. The van der Waals surface area contributed by atoms with Gasteiger partial charge in [0.25, 0.3) is 0 Å². The number of tetrazole rings is 1. The van der Waals surface area contributed by atoms with E-state index < -0.39 is 18.1 Å². The van der Waals surface area contributed by atoms with Crippen molar-refractivity contribution in [2.24, 2.45) is 5.73 Å². The molecule has 2 aliphatic heterocycles. The van der Waals surface area contributed by atoms with Crippen LogP contribution in [0.3, 0.4) is 0 Å². The lowest BCUT2D eigenvalue weighted by atomic mass is 10.0. The Hall–Kier alpha value is -3.59. The molecule has 1 saturated heterocycles. The minimum Gasteiger partial charge on any atom is -0.448 e. The Kier molecular flexibility index (Phi) is 7.09. The summed E-state index contributed by atoms with van der Waals surface area (Å²) < 4.78 is 7.61. The van der Waals surface area contributed by atoms with Gasteiger partial charge in [-0.3, -0.25) is 9.69 Å². The molecule has 1 aromatic heterocycles. The highest BCUT2D eigenvalue weighted by molar-refractivity contribution is 8.01. The number of hydrogen-bond donors (Lipinski definition) is 1. The molecule has 3 heterocycles. The van der Waals surface area contributed by atoms with E-state index in [-0.39, 0.29) is 23.5 Å². The van der Waals surface area contributed by atoms with Crippen molar-refractivity contribution in [1.29, 1.82) is 0 Å². The van der Waals surface area contributed by atoms with Crippen LogP contribution in [0.1, 0.15) is 17.2 Å². The Morgan fingerprint density at radius 1 is 1.19 bits per heavy atom. The Morgan fingerprint density at radius 2 is 1.86 bits per heavy atom. The maximum atomic E-state index is 13.7. The molecule has 1 fully saturated rings. The molecular weight excluding hydrogens is 496 g/mol. The number of hydrogen-bond acceptors (Lipinski definition) is 9. The van der Waals surface area contributed by atoms with Gasteiger partial charge >= 0.3 is 5.97 Å². The molecule has 5 rings (SSSR count). The van der Waals surface area contributed by atoms with E-state index in [4.69, 9.17) is 16.9 Å². The second-order valence-corrected chi connectivity index (χ2v) is 10.2. The maximum absolute atomic E-state index is 13.7. The van der Waals surface area contributed by atoms with Crippen molar-refractivity contribution in [1.82, 2.24) is 25.1 Å². The van der Waals surface area contributed by atoms with Crippen LogP contribution in [-0.4, -0.2) is 59.9 Å². The number of nitrogens with two attached hydrogens (primary N) is 1. The number of carbonyl (C=O) groups excluding carboxylic acids is 2. The van der Waals surface area contributed by atoms with Gasteiger partial charge in [-0.1, -0.05) is 78.3 Å². The van der Waals surface area contributed by atoms with E-state index in [0.29, 0.717) is 16.7 Å². The highest BCUT2D eigenvalue weighted by atomic mass is 32.2. The van der Waals surface area contributed by atoms with Crippen LogP contribution in [0.2, 0.25) is 0 Å². The number of fused-ring (bicyclic) bond motifs is 1. The second kappa shape index (κ2) is 10.6. The third-order valence-corrected chi connectivity index (χ3v) is 8.23. The molecule has 0 aliphatic carbocycles. The smallest absolute Gasteiger partial charge is 0.356 e. The van der Waals surface area contributed by atoms with Gasteiger partial charge in [-0.2, -0.15) is 0 Å². The molecule has 0 bridgehead atoms. The first-order chi connectivity index (χ1) is 17.6. The lowest BCUT2D eigenvalue weighted by Crippen LogP contribution is -2.68. The summed E-state index contributed by atoms with van der Waals surface area (Å²) in [7, 11) is 0. The fourth-order valence-electron chi connectivity index (χ4n) is 4.06. The molecule has 0 saturated carbocycles. The normalized spacial score (nSPS) is 19.0. The highest BCUT2D eigenvalue weighted by Gasteiger charge is 2.52. The fourth-order valence-corrected chi connectivity index (χ4v) is 6.37. The fraction of sp³-hybridized carbons (Fsp3) is 0.240. The van der Waals surface area contributed by atoms with Gasteiger partial charge in [0.15, 0.2) is 6.10 Å². The number of terminal acetylenes is 1. The largest absolute Gasteiger partial charge is 0.448 e. The summed E-state index contributed by atoms with van der Waals surface area (Å²) in [4.78, 5) is 27.9. The Labute approximate surface area is 216 Å². The predicted molar refractivity (Wildman–Crippen MR) is 136 cm³/mol. The van der Waals surface area contributed by atoms with E-state index in [2.05, 4.69) is 21.4 Å². The summed E-state index contributed by atoms with van der Waals surface area (Å²) in [6, 6.07) is 18.4. The number of β-lactam (4-membered cyclic amide) rings is 1. The summed E-state index contributed by atoms with van der Waals surface area (Å²) in [5.74, 6) is 2.55. The maximum Gasteiger partial charge on any atom is 0.356 e. The number of carbonyl (C=O) groups is 2. The van der Waals surface area contributed by atoms with E-state index in [1.54, 1.807) is 0 Å². The number of nitrogens with zero attached hydrogens (tertiary/aromatic N) is 5. The van der Waals surface area contributed by atoms with Crippen LogP contribution in [-0.2, 0) is 20.9 Å². The molecule has 0 radical (unpaired) electrons. The first-order valence-electron chi connectivity index (χ1n) is 11.1. The van der Waals surface area contributed by atoms with Crippen LogP contribution in [0.5, 0.6) is 0 Å². The Balaban J connectivity index is 1.46. The average Bonchev–Trinajstić information content (AvgIpc) is 3.37. The molecule has 1 amide bonds. The standard InChI is InChI=1S/C25H22N6O3S2/c1-2-13-30-25(27-28-29-30)36-15-18-14-35-23-19(26)22(32)31(23)20(18)24(33)34-21(16-9-5-3-6-10-16)17-11-7-4-8-12-17/h1,3-12,19,21,23H,13-15,26H2/t19?,23-/m1/s1. The quantitative estimate of drug-likeness (QED) is 0.207. The zero-order chi connectivity index (χ0) is 25.1. The molecule has 0 spiro atoms. The van der Waals surface area contributed by atoms with Crippen molar-refractivity contribution in [2.45, 2.75) is 29.2 Å². The summed E-state index contributed by atoms with van der Waals surface area (Å²) in [6.07, 6.45) is 4.76. The number of amides is 1. The van der Waals surface area contributed by atoms with E-state index in [0.717, 1.165) is 16.7 Å². The minimum absolute atomic E-state index is 0.232. The van der Waals surface area contributed by atoms with Crippen molar-refractivity contribution in [3.05, 3.63) is 83.1 Å². The number of aromatic nitrogens is 4. The van der Waals surface area contributed by atoms with Gasteiger partial charge in [0.05, 0.1) is 0 Å². The third-order valence-electron chi connectivity index (χ3n) is 5.83. The molecule has 1 unspecified atom stereocenters. The zero-order valence-corrected chi connectivity index (χ0v) is 20.7. The lowest BCUT2D eigenvalue weighted by molar-refractivity contribution is -0.153.